The largest absolute Gasteiger partial charge is 0.433 e. The molecule has 7 nitrogen and oxygen atoms in total. The molecule has 10 heteroatoms. The molecule has 1 aromatic heterocycles. The first-order valence-electron chi connectivity index (χ1n) is 10.1. The number of aromatic nitrogens is 2. The number of hydrogen-bond donors (Lipinski definition) is 2. The maximum absolute atomic E-state index is 13.5. The van der Waals surface area contributed by atoms with Crippen LogP contribution in [0.2, 0.25) is 0 Å². The summed E-state index contributed by atoms with van der Waals surface area (Å²) in [5.74, 6) is -1.31. The van der Waals surface area contributed by atoms with Gasteiger partial charge in [-0.25, -0.2) is 0 Å². The van der Waals surface area contributed by atoms with E-state index in [2.05, 4.69) is 15.3 Å². The number of primary amides is 1. The van der Waals surface area contributed by atoms with Crippen LogP contribution in [0.5, 0.6) is 0 Å². The Bertz CT molecular complexity index is 937. The molecule has 0 spiro atoms. The summed E-state index contributed by atoms with van der Waals surface area (Å²) in [7, 11) is 0. The van der Waals surface area contributed by atoms with Gasteiger partial charge in [-0.15, -0.1) is 0 Å². The van der Waals surface area contributed by atoms with Crippen LogP contribution in [0.15, 0.2) is 30.5 Å². The molecule has 1 fully saturated rings. The number of carbonyl (C=O) groups is 2. The minimum Gasteiger partial charge on any atom is -0.369 e. The summed E-state index contributed by atoms with van der Waals surface area (Å²) < 4.78 is 41.2. The molecule has 0 aliphatic carbocycles. The number of alkyl halides is 3. The number of anilines is 1. The highest BCUT2D eigenvalue weighted by Gasteiger charge is 2.40. The van der Waals surface area contributed by atoms with Crippen molar-refractivity contribution < 1.29 is 22.8 Å². The maximum Gasteiger partial charge on any atom is 0.433 e. The maximum atomic E-state index is 13.5. The smallest absolute Gasteiger partial charge is 0.369 e. The van der Waals surface area contributed by atoms with Gasteiger partial charge in [0.2, 0.25) is 5.91 Å². The Kier molecular flexibility index (Phi) is 6.68. The Labute approximate surface area is 178 Å². The van der Waals surface area contributed by atoms with Gasteiger partial charge in [0.1, 0.15) is 0 Å². The number of hydrogen-bond acceptors (Lipinski definition) is 4. The number of amides is 2. The lowest BCUT2D eigenvalue weighted by atomic mass is 9.97. The molecule has 2 aromatic rings. The summed E-state index contributed by atoms with van der Waals surface area (Å²) in [5.41, 5.74) is 5.18. The van der Waals surface area contributed by atoms with Crippen LogP contribution < -0.4 is 11.1 Å². The number of halogens is 3. The van der Waals surface area contributed by atoms with E-state index in [1.54, 1.807) is 38.1 Å². The molecule has 1 saturated heterocycles. The third-order valence-corrected chi connectivity index (χ3v) is 5.32. The molecule has 31 heavy (non-hydrogen) atoms. The number of nitrogens with one attached hydrogen (secondary N) is 1. The van der Waals surface area contributed by atoms with Gasteiger partial charge in [-0.05, 0) is 50.9 Å². The molecule has 1 aliphatic heterocycles. The van der Waals surface area contributed by atoms with Gasteiger partial charge in [-0.2, -0.15) is 18.3 Å². The third-order valence-electron chi connectivity index (χ3n) is 5.32. The van der Waals surface area contributed by atoms with E-state index in [0.717, 1.165) is 35.8 Å². The SMILES string of the molecule is CC(C)n1ncc(C(=O)Nc2ccc(CN3CCCC(C(N)=O)C3)cc2)c1C(F)(F)F. The number of nitrogens with zero attached hydrogens (tertiary/aromatic N) is 3. The van der Waals surface area contributed by atoms with Gasteiger partial charge in [0.15, 0.2) is 5.69 Å². The van der Waals surface area contributed by atoms with Gasteiger partial charge >= 0.3 is 6.18 Å². The van der Waals surface area contributed by atoms with Gasteiger partial charge in [0.25, 0.3) is 5.91 Å². The van der Waals surface area contributed by atoms with Crippen LogP contribution >= 0.6 is 0 Å². The highest BCUT2D eigenvalue weighted by Crippen LogP contribution is 2.34. The summed E-state index contributed by atoms with van der Waals surface area (Å²) in [5, 5.41) is 6.25. The van der Waals surface area contributed by atoms with Gasteiger partial charge in [-0.1, -0.05) is 12.1 Å². The second kappa shape index (κ2) is 9.09. The number of nitrogens with two attached hydrogens (primary N) is 1. The Hall–Kier alpha value is -2.88. The molecule has 1 aromatic carbocycles. The van der Waals surface area contributed by atoms with Crippen LogP contribution in [-0.2, 0) is 17.5 Å². The van der Waals surface area contributed by atoms with Crippen molar-refractivity contribution in [3.05, 3.63) is 47.3 Å². The molecule has 0 bridgehead atoms. The highest BCUT2D eigenvalue weighted by molar-refractivity contribution is 6.05. The molecule has 2 heterocycles. The van der Waals surface area contributed by atoms with E-state index in [-0.39, 0.29) is 11.8 Å². The van der Waals surface area contributed by atoms with Crippen LogP contribution in [0, 0.1) is 5.92 Å². The number of piperidine rings is 1. The standard InChI is InChI=1S/C21H26F3N5O2/c1-13(2)29-18(21(22,23)24)17(10-26-29)20(31)27-16-7-5-14(6-8-16)11-28-9-3-4-15(12-28)19(25)30/h5-8,10,13,15H,3-4,9,11-12H2,1-2H3,(H2,25,30)(H,27,31). The van der Waals surface area contributed by atoms with E-state index in [0.29, 0.717) is 18.8 Å². The summed E-state index contributed by atoms with van der Waals surface area (Å²) >= 11 is 0. The summed E-state index contributed by atoms with van der Waals surface area (Å²) in [4.78, 5) is 26.1. The molecular weight excluding hydrogens is 411 g/mol. The fourth-order valence-electron chi connectivity index (χ4n) is 3.78. The Morgan fingerprint density at radius 2 is 1.94 bits per heavy atom. The Morgan fingerprint density at radius 1 is 1.26 bits per heavy atom. The van der Waals surface area contributed by atoms with Crippen LogP contribution in [0.4, 0.5) is 18.9 Å². The quantitative estimate of drug-likeness (QED) is 0.724. The first kappa shape index (κ1) is 22.8. The molecule has 3 rings (SSSR count). The van der Waals surface area contributed by atoms with Gasteiger partial charge in [-0.3, -0.25) is 19.2 Å². The fourth-order valence-corrected chi connectivity index (χ4v) is 3.78. The minimum atomic E-state index is -4.70. The molecule has 3 N–H and O–H groups in total. The normalized spacial score (nSPS) is 17.7. The van der Waals surface area contributed by atoms with Crippen LogP contribution in [0.3, 0.4) is 0 Å². The highest BCUT2D eigenvalue weighted by atomic mass is 19.4. The second-order valence-electron chi connectivity index (χ2n) is 8.07. The van der Waals surface area contributed by atoms with E-state index in [1.807, 2.05) is 0 Å². The first-order valence-corrected chi connectivity index (χ1v) is 10.1. The summed E-state index contributed by atoms with van der Waals surface area (Å²) in [6, 6.07) is 6.34. The molecule has 0 saturated carbocycles. The van der Waals surface area contributed by atoms with E-state index in [4.69, 9.17) is 5.73 Å². The molecule has 1 atom stereocenters. The van der Waals surface area contributed by atoms with Crippen molar-refractivity contribution in [2.45, 2.75) is 45.5 Å². The van der Waals surface area contributed by atoms with Crippen LogP contribution in [-0.4, -0.2) is 39.6 Å². The first-order chi connectivity index (χ1) is 14.6. The summed E-state index contributed by atoms with van der Waals surface area (Å²) in [6.07, 6.45) is -2.07. The Balaban J connectivity index is 1.68. The zero-order valence-electron chi connectivity index (χ0n) is 17.4. The van der Waals surface area contributed by atoms with Crippen molar-refractivity contribution >= 4 is 17.5 Å². The van der Waals surface area contributed by atoms with Crippen molar-refractivity contribution in [1.82, 2.24) is 14.7 Å². The molecule has 1 unspecified atom stereocenters. The van der Waals surface area contributed by atoms with Gasteiger partial charge in [0.05, 0.1) is 17.7 Å². The average Bonchev–Trinajstić information content (AvgIpc) is 3.16. The third kappa shape index (κ3) is 5.43. The van der Waals surface area contributed by atoms with E-state index in [1.165, 1.54) is 0 Å². The van der Waals surface area contributed by atoms with Crippen LogP contribution in [0.25, 0.3) is 0 Å². The van der Waals surface area contributed by atoms with Crippen molar-refractivity contribution in [3.63, 3.8) is 0 Å². The summed E-state index contributed by atoms with van der Waals surface area (Å²) in [6.45, 7) is 5.22. The minimum absolute atomic E-state index is 0.151. The van der Waals surface area contributed by atoms with E-state index >= 15 is 0 Å². The lowest BCUT2D eigenvalue weighted by Gasteiger charge is -2.31. The Morgan fingerprint density at radius 3 is 2.52 bits per heavy atom. The number of likely N-dealkylation sites (tertiary alicyclic amines) is 1. The van der Waals surface area contributed by atoms with Crippen LogP contribution in [0.1, 0.15) is 54.3 Å². The molecule has 1 aliphatic rings. The zero-order chi connectivity index (χ0) is 22.8. The predicted octanol–water partition coefficient (Wildman–Crippen LogP) is 3.43. The second-order valence-corrected chi connectivity index (χ2v) is 8.07. The van der Waals surface area contributed by atoms with Crippen molar-refractivity contribution in [3.8, 4) is 0 Å². The van der Waals surface area contributed by atoms with Gasteiger partial charge < -0.3 is 11.1 Å². The topological polar surface area (TPSA) is 93.2 Å². The van der Waals surface area contributed by atoms with Crippen molar-refractivity contribution in [2.24, 2.45) is 11.7 Å². The molecular formula is C21H26F3N5O2. The molecule has 168 valence electrons. The van der Waals surface area contributed by atoms with Crippen molar-refractivity contribution in [2.75, 3.05) is 18.4 Å². The predicted molar refractivity (Wildman–Crippen MR) is 109 cm³/mol. The van der Waals surface area contributed by atoms with E-state index in [9.17, 15) is 22.8 Å². The molecule has 0 radical (unpaired) electrons. The molecule has 2 amide bonds. The zero-order valence-corrected chi connectivity index (χ0v) is 17.4. The number of benzene rings is 1. The lowest BCUT2D eigenvalue weighted by Crippen LogP contribution is -2.40. The monoisotopic (exact) mass is 437 g/mol. The average molecular weight is 437 g/mol. The number of carbonyl (C=O) groups excluding carboxylic acids is 2. The van der Waals surface area contributed by atoms with Crippen molar-refractivity contribution in [1.29, 1.82) is 0 Å². The lowest BCUT2D eigenvalue weighted by molar-refractivity contribution is -0.145. The van der Waals surface area contributed by atoms with E-state index < -0.39 is 29.4 Å². The number of rotatable bonds is 6. The fraction of sp³-hybridized carbons (Fsp3) is 0.476. The van der Waals surface area contributed by atoms with Gasteiger partial charge in [0, 0.05) is 24.8 Å².